The first kappa shape index (κ1) is 13.7. The second kappa shape index (κ2) is 5.31. The van der Waals surface area contributed by atoms with Gasteiger partial charge in [0.2, 0.25) is 0 Å². The second-order valence-electron chi connectivity index (χ2n) is 4.90. The molecular weight excluding hydrogens is 242 g/mol. The van der Waals surface area contributed by atoms with E-state index in [2.05, 4.69) is 15.5 Å². The Bertz CT molecular complexity index is 387. The van der Waals surface area contributed by atoms with E-state index < -0.39 is 5.97 Å². The largest absolute Gasteiger partial charge is 0.481 e. The molecule has 1 heterocycles. The van der Waals surface area contributed by atoms with Gasteiger partial charge in [-0.1, -0.05) is 32.4 Å². The van der Waals surface area contributed by atoms with Crippen LogP contribution in [0.1, 0.15) is 27.2 Å². The van der Waals surface area contributed by atoms with E-state index in [4.69, 9.17) is 16.7 Å². The Kier molecular flexibility index (Phi) is 4.28. The molecule has 0 fully saturated rings. The predicted octanol–water partition coefficient (Wildman–Crippen LogP) is 2.43. The molecule has 0 aliphatic heterocycles. The molecule has 0 aromatic carbocycles. The summed E-state index contributed by atoms with van der Waals surface area (Å²) in [6, 6.07) is 3.06. The minimum Gasteiger partial charge on any atom is -0.481 e. The number of carboxylic acid groups (broad SMARTS) is 1. The topological polar surface area (TPSA) is 75.1 Å². The van der Waals surface area contributed by atoms with Crippen LogP contribution in [0.3, 0.4) is 0 Å². The highest BCUT2D eigenvalue weighted by Gasteiger charge is 2.27. The molecule has 1 aromatic rings. The van der Waals surface area contributed by atoms with E-state index in [-0.39, 0.29) is 17.9 Å². The molecule has 0 amide bonds. The first-order valence-corrected chi connectivity index (χ1v) is 5.64. The van der Waals surface area contributed by atoms with E-state index in [1.807, 2.05) is 20.8 Å². The number of halogens is 1. The SMILES string of the molecule is CC(C)(C)C(CC(=O)O)Nc1ccc(Cl)nn1. The van der Waals surface area contributed by atoms with Gasteiger partial charge in [0.25, 0.3) is 0 Å². The molecule has 1 atom stereocenters. The molecule has 94 valence electrons. The van der Waals surface area contributed by atoms with Gasteiger partial charge in [0, 0.05) is 6.04 Å². The molecule has 0 bridgehead atoms. The Morgan fingerprint density at radius 1 is 1.47 bits per heavy atom. The molecule has 0 radical (unpaired) electrons. The highest BCUT2D eigenvalue weighted by Crippen LogP contribution is 2.25. The maximum absolute atomic E-state index is 10.8. The van der Waals surface area contributed by atoms with Crippen molar-refractivity contribution in [1.29, 1.82) is 0 Å². The Morgan fingerprint density at radius 2 is 2.12 bits per heavy atom. The molecule has 0 saturated carbocycles. The number of hydrogen-bond donors (Lipinski definition) is 2. The van der Waals surface area contributed by atoms with Crippen molar-refractivity contribution in [3.63, 3.8) is 0 Å². The molecule has 1 rings (SSSR count). The number of nitrogens with one attached hydrogen (secondary N) is 1. The molecule has 1 unspecified atom stereocenters. The zero-order valence-corrected chi connectivity index (χ0v) is 10.8. The summed E-state index contributed by atoms with van der Waals surface area (Å²) in [4.78, 5) is 10.8. The van der Waals surface area contributed by atoms with Crippen LogP contribution in [0.4, 0.5) is 5.82 Å². The summed E-state index contributed by atoms with van der Waals surface area (Å²) < 4.78 is 0. The van der Waals surface area contributed by atoms with E-state index in [0.717, 1.165) is 0 Å². The van der Waals surface area contributed by atoms with E-state index in [0.29, 0.717) is 11.0 Å². The van der Waals surface area contributed by atoms with Gasteiger partial charge in [-0.3, -0.25) is 4.79 Å². The standard InChI is InChI=1S/C11H16ClN3O2/c1-11(2,3)7(6-10(16)17)13-9-5-4-8(12)14-15-9/h4-5,7H,6H2,1-3H3,(H,13,15)(H,16,17). The van der Waals surface area contributed by atoms with Crippen molar-refractivity contribution in [3.8, 4) is 0 Å². The zero-order chi connectivity index (χ0) is 13.1. The van der Waals surface area contributed by atoms with Gasteiger partial charge in [0.15, 0.2) is 5.15 Å². The summed E-state index contributed by atoms with van der Waals surface area (Å²) in [5.74, 6) is -0.324. The van der Waals surface area contributed by atoms with Crippen LogP contribution in [0, 0.1) is 5.41 Å². The Morgan fingerprint density at radius 3 is 2.53 bits per heavy atom. The van der Waals surface area contributed by atoms with E-state index in [1.165, 1.54) is 0 Å². The third kappa shape index (κ3) is 4.56. The maximum atomic E-state index is 10.8. The van der Waals surface area contributed by atoms with Gasteiger partial charge in [0.1, 0.15) is 5.82 Å². The average Bonchev–Trinajstić information content (AvgIpc) is 2.18. The number of anilines is 1. The molecular formula is C11H16ClN3O2. The van der Waals surface area contributed by atoms with E-state index >= 15 is 0 Å². The summed E-state index contributed by atoms with van der Waals surface area (Å²) in [5, 5.41) is 19.8. The van der Waals surface area contributed by atoms with Crippen LogP contribution in [0.15, 0.2) is 12.1 Å². The molecule has 5 nitrogen and oxygen atoms in total. The van der Waals surface area contributed by atoms with Gasteiger partial charge >= 0.3 is 5.97 Å². The van der Waals surface area contributed by atoms with Gasteiger partial charge in [-0.15, -0.1) is 10.2 Å². The van der Waals surface area contributed by atoms with Crippen LogP contribution < -0.4 is 5.32 Å². The van der Waals surface area contributed by atoms with Crippen LogP contribution in [-0.2, 0) is 4.79 Å². The van der Waals surface area contributed by atoms with Crippen molar-refractivity contribution in [2.75, 3.05) is 5.32 Å². The van der Waals surface area contributed by atoms with Crippen molar-refractivity contribution < 1.29 is 9.90 Å². The molecule has 2 N–H and O–H groups in total. The third-order valence-corrected chi connectivity index (χ3v) is 2.58. The summed E-state index contributed by atoms with van der Waals surface area (Å²) in [5.41, 5.74) is -0.195. The maximum Gasteiger partial charge on any atom is 0.305 e. The number of rotatable bonds is 4. The summed E-state index contributed by atoms with van der Waals surface area (Å²) >= 11 is 5.63. The molecule has 17 heavy (non-hydrogen) atoms. The number of carbonyl (C=O) groups is 1. The van der Waals surface area contributed by atoms with Crippen LogP contribution in [0.5, 0.6) is 0 Å². The lowest BCUT2D eigenvalue weighted by molar-refractivity contribution is -0.137. The lowest BCUT2D eigenvalue weighted by atomic mass is 9.85. The number of aromatic nitrogens is 2. The number of aliphatic carboxylic acids is 1. The Balaban J connectivity index is 2.79. The lowest BCUT2D eigenvalue weighted by Gasteiger charge is -2.30. The molecule has 6 heteroatoms. The molecule has 0 aliphatic carbocycles. The van der Waals surface area contributed by atoms with E-state index in [1.54, 1.807) is 12.1 Å². The second-order valence-corrected chi connectivity index (χ2v) is 5.29. The summed E-state index contributed by atoms with van der Waals surface area (Å²) in [6.45, 7) is 5.91. The van der Waals surface area contributed by atoms with Crippen molar-refractivity contribution in [1.82, 2.24) is 10.2 Å². The lowest BCUT2D eigenvalue weighted by Crippen LogP contribution is -2.36. The molecule has 0 spiro atoms. The number of carboxylic acids is 1. The van der Waals surface area contributed by atoms with Crippen LogP contribution in [0.2, 0.25) is 5.15 Å². The minimum absolute atomic E-state index is 0.0216. The number of nitrogens with zero attached hydrogens (tertiary/aromatic N) is 2. The Hall–Kier alpha value is -1.36. The van der Waals surface area contributed by atoms with Crippen molar-refractivity contribution in [3.05, 3.63) is 17.3 Å². The monoisotopic (exact) mass is 257 g/mol. The van der Waals surface area contributed by atoms with Crippen molar-refractivity contribution in [2.45, 2.75) is 33.2 Å². The Labute approximate surface area is 105 Å². The first-order chi connectivity index (χ1) is 7.79. The van der Waals surface area contributed by atoms with Crippen LogP contribution in [-0.4, -0.2) is 27.3 Å². The zero-order valence-electron chi connectivity index (χ0n) is 10.1. The smallest absolute Gasteiger partial charge is 0.305 e. The van der Waals surface area contributed by atoms with Gasteiger partial charge in [-0.2, -0.15) is 0 Å². The highest BCUT2D eigenvalue weighted by atomic mass is 35.5. The third-order valence-electron chi connectivity index (χ3n) is 2.38. The summed E-state index contributed by atoms with van der Waals surface area (Å²) in [6.07, 6.45) is 0.0216. The minimum atomic E-state index is -0.848. The molecule has 0 saturated heterocycles. The molecule has 1 aromatic heterocycles. The number of hydrogen-bond acceptors (Lipinski definition) is 4. The quantitative estimate of drug-likeness (QED) is 0.867. The normalized spacial score (nSPS) is 13.2. The van der Waals surface area contributed by atoms with Crippen molar-refractivity contribution >= 4 is 23.4 Å². The highest BCUT2D eigenvalue weighted by molar-refractivity contribution is 6.29. The fourth-order valence-electron chi connectivity index (χ4n) is 1.32. The van der Waals surface area contributed by atoms with Crippen LogP contribution in [0.25, 0.3) is 0 Å². The van der Waals surface area contributed by atoms with Crippen molar-refractivity contribution in [2.24, 2.45) is 5.41 Å². The van der Waals surface area contributed by atoms with Gasteiger partial charge in [0.05, 0.1) is 6.42 Å². The van der Waals surface area contributed by atoms with Gasteiger partial charge in [-0.05, 0) is 17.5 Å². The first-order valence-electron chi connectivity index (χ1n) is 5.26. The fourth-order valence-corrected chi connectivity index (χ4v) is 1.42. The summed E-state index contributed by atoms with van der Waals surface area (Å²) in [7, 11) is 0. The van der Waals surface area contributed by atoms with Crippen LogP contribution >= 0.6 is 11.6 Å². The average molecular weight is 258 g/mol. The molecule has 0 aliphatic rings. The predicted molar refractivity (Wildman–Crippen MR) is 66.2 cm³/mol. The van der Waals surface area contributed by atoms with E-state index in [9.17, 15) is 4.79 Å². The van der Waals surface area contributed by atoms with Gasteiger partial charge in [-0.25, -0.2) is 0 Å². The van der Waals surface area contributed by atoms with Gasteiger partial charge < -0.3 is 10.4 Å². The fraction of sp³-hybridized carbons (Fsp3) is 0.545.